The van der Waals surface area contributed by atoms with Crippen molar-refractivity contribution in [3.05, 3.63) is 66.2 Å². The molecule has 82 valence electrons. The van der Waals surface area contributed by atoms with Crippen LogP contribution < -0.4 is 0 Å². The molecule has 0 amide bonds. The van der Waals surface area contributed by atoms with E-state index in [9.17, 15) is 4.79 Å². The summed E-state index contributed by atoms with van der Waals surface area (Å²) in [6, 6.07) is 10.9. The maximum Gasteiger partial charge on any atom is 0.196 e. The van der Waals surface area contributed by atoms with E-state index in [4.69, 9.17) is 4.42 Å². The SMILES string of the molecule is O=C(c1ccncc1)c1coc2ccccc12. The Morgan fingerprint density at radius 2 is 1.82 bits per heavy atom. The number of hydrogen-bond acceptors (Lipinski definition) is 3. The summed E-state index contributed by atoms with van der Waals surface area (Å²) in [6.45, 7) is 0. The van der Waals surface area contributed by atoms with Crippen molar-refractivity contribution in [2.24, 2.45) is 0 Å². The van der Waals surface area contributed by atoms with Crippen molar-refractivity contribution in [3.63, 3.8) is 0 Å². The molecule has 0 atom stereocenters. The van der Waals surface area contributed by atoms with Gasteiger partial charge < -0.3 is 4.42 Å². The number of carbonyl (C=O) groups is 1. The Hall–Kier alpha value is -2.42. The highest BCUT2D eigenvalue weighted by molar-refractivity contribution is 6.15. The van der Waals surface area contributed by atoms with Gasteiger partial charge in [-0.25, -0.2) is 0 Å². The zero-order valence-corrected chi connectivity index (χ0v) is 8.96. The summed E-state index contributed by atoms with van der Waals surface area (Å²) in [6.07, 6.45) is 4.72. The number of hydrogen-bond donors (Lipinski definition) is 0. The highest BCUT2D eigenvalue weighted by Gasteiger charge is 2.14. The molecule has 0 saturated heterocycles. The number of nitrogens with zero attached hydrogens (tertiary/aromatic N) is 1. The van der Waals surface area contributed by atoms with E-state index in [2.05, 4.69) is 4.98 Å². The molecule has 2 aromatic heterocycles. The predicted octanol–water partition coefficient (Wildman–Crippen LogP) is 3.06. The van der Waals surface area contributed by atoms with Crippen molar-refractivity contribution >= 4 is 16.8 Å². The summed E-state index contributed by atoms with van der Waals surface area (Å²) >= 11 is 0. The van der Waals surface area contributed by atoms with Crippen LogP contribution in [0.15, 0.2) is 59.5 Å². The largest absolute Gasteiger partial charge is 0.464 e. The lowest BCUT2D eigenvalue weighted by Gasteiger charge is -1.97. The zero-order chi connectivity index (χ0) is 11.7. The number of benzene rings is 1. The third-order valence-electron chi connectivity index (χ3n) is 2.67. The van der Waals surface area contributed by atoms with Crippen LogP contribution in [-0.4, -0.2) is 10.8 Å². The minimum absolute atomic E-state index is 0.0441. The summed E-state index contributed by atoms with van der Waals surface area (Å²) < 4.78 is 5.36. The molecule has 0 aliphatic rings. The smallest absolute Gasteiger partial charge is 0.196 e. The van der Waals surface area contributed by atoms with Gasteiger partial charge in [0.15, 0.2) is 5.78 Å². The Labute approximate surface area is 97.7 Å². The molecule has 1 aromatic carbocycles. The van der Waals surface area contributed by atoms with E-state index >= 15 is 0 Å². The Morgan fingerprint density at radius 1 is 1.06 bits per heavy atom. The van der Waals surface area contributed by atoms with E-state index in [1.807, 2.05) is 24.3 Å². The van der Waals surface area contributed by atoms with Gasteiger partial charge in [-0.1, -0.05) is 18.2 Å². The van der Waals surface area contributed by atoms with Gasteiger partial charge in [0.1, 0.15) is 11.8 Å². The van der Waals surface area contributed by atoms with Gasteiger partial charge in [0.05, 0.1) is 5.56 Å². The molecule has 3 rings (SSSR count). The first kappa shape index (κ1) is 9.78. The lowest BCUT2D eigenvalue weighted by Crippen LogP contribution is -1.99. The lowest BCUT2D eigenvalue weighted by molar-refractivity contribution is 0.103. The second-order valence-electron chi connectivity index (χ2n) is 3.71. The van der Waals surface area contributed by atoms with Gasteiger partial charge in [-0.15, -0.1) is 0 Å². The Bertz CT molecular complexity index is 671. The van der Waals surface area contributed by atoms with Gasteiger partial charge in [-0.3, -0.25) is 9.78 Å². The van der Waals surface area contributed by atoms with Crippen LogP contribution in [0, 0.1) is 0 Å². The van der Waals surface area contributed by atoms with E-state index in [-0.39, 0.29) is 5.78 Å². The Morgan fingerprint density at radius 3 is 2.65 bits per heavy atom. The quantitative estimate of drug-likeness (QED) is 0.627. The number of carbonyl (C=O) groups excluding carboxylic acids is 1. The number of pyridine rings is 1. The fraction of sp³-hybridized carbons (Fsp3) is 0. The van der Waals surface area contributed by atoms with Crippen LogP contribution >= 0.6 is 0 Å². The molecular weight excluding hydrogens is 214 g/mol. The van der Waals surface area contributed by atoms with Gasteiger partial charge in [0.2, 0.25) is 0 Å². The van der Waals surface area contributed by atoms with Crippen molar-refractivity contribution in [1.82, 2.24) is 4.98 Å². The first-order valence-corrected chi connectivity index (χ1v) is 5.27. The molecule has 0 radical (unpaired) electrons. The van der Waals surface area contributed by atoms with Crippen LogP contribution in [0.1, 0.15) is 15.9 Å². The summed E-state index contributed by atoms with van der Waals surface area (Å²) in [5, 5.41) is 0.842. The molecule has 3 nitrogen and oxygen atoms in total. The molecule has 0 saturated carbocycles. The van der Waals surface area contributed by atoms with Crippen LogP contribution in [0.25, 0.3) is 11.0 Å². The van der Waals surface area contributed by atoms with Gasteiger partial charge in [-0.05, 0) is 18.2 Å². The highest BCUT2D eigenvalue weighted by Crippen LogP contribution is 2.22. The number of para-hydroxylation sites is 1. The van der Waals surface area contributed by atoms with E-state index in [0.717, 1.165) is 11.0 Å². The summed E-state index contributed by atoms with van der Waals surface area (Å²) in [5.74, 6) is -0.0441. The fourth-order valence-corrected chi connectivity index (χ4v) is 1.81. The van der Waals surface area contributed by atoms with Gasteiger partial charge in [-0.2, -0.15) is 0 Å². The molecular formula is C14H9NO2. The van der Waals surface area contributed by atoms with E-state index in [1.54, 1.807) is 24.5 Å². The molecule has 0 aliphatic heterocycles. The molecule has 0 bridgehead atoms. The third-order valence-corrected chi connectivity index (χ3v) is 2.67. The van der Waals surface area contributed by atoms with Crippen LogP contribution in [0.4, 0.5) is 0 Å². The number of aromatic nitrogens is 1. The molecule has 0 aliphatic carbocycles. The Kier molecular flexibility index (Phi) is 2.22. The van der Waals surface area contributed by atoms with Crippen molar-refractivity contribution < 1.29 is 9.21 Å². The van der Waals surface area contributed by atoms with Gasteiger partial charge >= 0.3 is 0 Å². The third kappa shape index (κ3) is 1.61. The molecule has 2 heterocycles. The molecule has 3 aromatic rings. The van der Waals surface area contributed by atoms with Crippen molar-refractivity contribution in [2.75, 3.05) is 0 Å². The van der Waals surface area contributed by atoms with Crippen molar-refractivity contribution in [1.29, 1.82) is 0 Å². The first-order chi connectivity index (χ1) is 8.36. The number of rotatable bonds is 2. The minimum Gasteiger partial charge on any atom is -0.464 e. The molecule has 3 heteroatoms. The average molecular weight is 223 g/mol. The molecule has 0 fully saturated rings. The van der Waals surface area contributed by atoms with Crippen molar-refractivity contribution in [3.8, 4) is 0 Å². The topological polar surface area (TPSA) is 43.1 Å². The fourth-order valence-electron chi connectivity index (χ4n) is 1.81. The van der Waals surface area contributed by atoms with Crippen LogP contribution in [0.5, 0.6) is 0 Å². The zero-order valence-electron chi connectivity index (χ0n) is 8.96. The number of fused-ring (bicyclic) bond motifs is 1. The van der Waals surface area contributed by atoms with Crippen LogP contribution in [-0.2, 0) is 0 Å². The summed E-state index contributed by atoms with van der Waals surface area (Å²) in [5.41, 5.74) is 1.93. The first-order valence-electron chi connectivity index (χ1n) is 5.27. The standard InChI is InChI=1S/C14H9NO2/c16-14(10-5-7-15-8-6-10)12-9-17-13-4-2-1-3-11(12)13/h1-9H. The molecule has 0 N–H and O–H groups in total. The average Bonchev–Trinajstić information content (AvgIpc) is 2.83. The molecule has 0 unspecified atom stereocenters. The van der Waals surface area contributed by atoms with E-state index in [1.165, 1.54) is 6.26 Å². The molecule has 17 heavy (non-hydrogen) atoms. The summed E-state index contributed by atoms with van der Waals surface area (Å²) in [7, 11) is 0. The van der Waals surface area contributed by atoms with E-state index < -0.39 is 0 Å². The Balaban J connectivity index is 2.14. The lowest BCUT2D eigenvalue weighted by atomic mass is 10.0. The second kappa shape index (κ2) is 3.87. The van der Waals surface area contributed by atoms with Crippen molar-refractivity contribution in [2.45, 2.75) is 0 Å². The van der Waals surface area contributed by atoms with E-state index in [0.29, 0.717) is 11.1 Å². The highest BCUT2D eigenvalue weighted by atomic mass is 16.3. The van der Waals surface area contributed by atoms with Crippen LogP contribution in [0.2, 0.25) is 0 Å². The number of furan rings is 1. The number of ketones is 1. The summed E-state index contributed by atoms with van der Waals surface area (Å²) in [4.78, 5) is 16.1. The van der Waals surface area contributed by atoms with Gasteiger partial charge in [0, 0.05) is 23.3 Å². The normalized spacial score (nSPS) is 10.6. The van der Waals surface area contributed by atoms with Crippen LogP contribution in [0.3, 0.4) is 0 Å². The predicted molar refractivity (Wildman–Crippen MR) is 63.9 cm³/mol. The van der Waals surface area contributed by atoms with Gasteiger partial charge in [0.25, 0.3) is 0 Å². The second-order valence-corrected chi connectivity index (χ2v) is 3.71. The molecule has 0 spiro atoms. The maximum absolute atomic E-state index is 12.2. The monoisotopic (exact) mass is 223 g/mol. The minimum atomic E-state index is -0.0441. The maximum atomic E-state index is 12.2.